The summed E-state index contributed by atoms with van der Waals surface area (Å²) in [5.41, 5.74) is 5.72. The molecule has 1 amide bonds. The van der Waals surface area contributed by atoms with Crippen LogP contribution in [0, 0.1) is 27.7 Å². The lowest BCUT2D eigenvalue weighted by Gasteiger charge is -2.35. The van der Waals surface area contributed by atoms with Gasteiger partial charge >= 0.3 is 0 Å². The van der Waals surface area contributed by atoms with Crippen molar-refractivity contribution in [3.05, 3.63) is 58.1 Å². The number of benzene rings is 1. The van der Waals surface area contributed by atoms with Gasteiger partial charge in [-0.2, -0.15) is 0 Å². The molecular formula is C22H26N4O2. The molecule has 28 heavy (non-hydrogen) atoms. The maximum absolute atomic E-state index is 13.1. The Morgan fingerprint density at radius 3 is 2.46 bits per heavy atom. The van der Waals surface area contributed by atoms with E-state index in [1.807, 2.05) is 37.8 Å². The minimum atomic E-state index is 0.0736. The third-order valence-corrected chi connectivity index (χ3v) is 5.62. The average Bonchev–Trinajstić information content (AvgIpc) is 2.99. The normalized spacial score (nSPS) is 15.4. The SMILES string of the molecule is Cc1ccc2cc(C(=O)N3CCN(Cc4c(C)noc4C)CC3)c(C)nc2c1. The molecule has 1 saturated heterocycles. The topological polar surface area (TPSA) is 62.5 Å². The number of pyridine rings is 1. The molecule has 1 aromatic carbocycles. The zero-order valence-corrected chi connectivity index (χ0v) is 17.0. The van der Waals surface area contributed by atoms with Crippen molar-refractivity contribution in [3.8, 4) is 0 Å². The number of piperazine rings is 1. The van der Waals surface area contributed by atoms with E-state index in [1.165, 1.54) is 5.56 Å². The molecule has 0 atom stereocenters. The van der Waals surface area contributed by atoms with Gasteiger partial charge in [0, 0.05) is 43.7 Å². The molecule has 1 fully saturated rings. The summed E-state index contributed by atoms with van der Waals surface area (Å²) in [7, 11) is 0. The second-order valence-corrected chi connectivity index (χ2v) is 7.69. The molecule has 4 rings (SSSR count). The van der Waals surface area contributed by atoms with Crippen molar-refractivity contribution in [2.24, 2.45) is 0 Å². The third kappa shape index (κ3) is 3.52. The number of nitrogens with zero attached hydrogens (tertiary/aromatic N) is 4. The van der Waals surface area contributed by atoms with Crippen LogP contribution < -0.4 is 0 Å². The molecule has 1 aliphatic heterocycles. The van der Waals surface area contributed by atoms with Gasteiger partial charge in [0.2, 0.25) is 0 Å². The molecule has 0 unspecified atom stereocenters. The van der Waals surface area contributed by atoms with Gasteiger partial charge in [0.1, 0.15) is 5.76 Å². The smallest absolute Gasteiger partial charge is 0.255 e. The predicted octanol–water partition coefficient (Wildman–Crippen LogP) is 3.41. The Labute approximate surface area is 165 Å². The summed E-state index contributed by atoms with van der Waals surface area (Å²) in [4.78, 5) is 22.1. The Kier molecular flexibility index (Phi) is 4.89. The number of fused-ring (bicyclic) bond motifs is 1. The number of carbonyl (C=O) groups is 1. The summed E-state index contributed by atoms with van der Waals surface area (Å²) in [6.07, 6.45) is 0. The van der Waals surface area contributed by atoms with Crippen LogP contribution in [-0.2, 0) is 6.54 Å². The lowest BCUT2D eigenvalue weighted by atomic mass is 10.1. The number of hydrogen-bond acceptors (Lipinski definition) is 5. The van der Waals surface area contributed by atoms with Gasteiger partial charge in [0.05, 0.1) is 22.5 Å². The first-order chi connectivity index (χ1) is 13.4. The van der Waals surface area contributed by atoms with Crippen molar-refractivity contribution in [2.75, 3.05) is 26.2 Å². The number of amides is 1. The van der Waals surface area contributed by atoms with Crippen molar-refractivity contribution in [2.45, 2.75) is 34.2 Å². The van der Waals surface area contributed by atoms with Crippen LogP contribution in [0.15, 0.2) is 28.8 Å². The van der Waals surface area contributed by atoms with E-state index in [0.717, 1.165) is 53.2 Å². The highest BCUT2D eigenvalue weighted by Crippen LogP contribution is 2.21. The van der Waals surface area contributed by atoms with E-state index in [1.54, 1.807) is 0 Å². The van der Waals surface area contributed by atoms with Gasteiger partial charge in [-0.25, -0.2) is 0 Å². The van der Waals surface area contributed by atoms with Crippen molar-refractivity contribution < 1.29 is 9.32 Å². The van der Waals surface area contributed by atoms with Crippen molar-refractivity contribution >= 4 is 16.8 Å². The fraction of sp³-hybridized carbons (Fsp3) is 0.409. The lowest BCUT2D eigenvalue weighted by Crippen LogP contribution is -2.48. The Bertz CT molecular complexity index is 1010. The molecule has 0 saturated carbocycles. The van der Waals surface area contributed by atoms with E-state index in [9.17, 15) is 4.79 Å². The van der Waals surface area contributed by atoms with Crippen molar-refractivity contribution in [1.82, 2.24) is 19.9 Å². The first-order valence-electron chi connectivity index (χ1n) is 9.74. The molecular weight excluding hydrogens is 352 g/mol. The highest BCUT2D eigenvalue weighted by molar-refractivity contribution is 5.98. The highest BCUT2D eigenvalue weighted by atomic mass is 16.5. The van der Waals surface area contributed by atoms with Crippen LogP contribution in [0.5, 0.6) is 0 Å². The largest absolute Gasteiger partial charge is 0.361 e. The highest BCUT2D eigenvalue weighted by Gasteiger charge is 2.25. The maximum Gasteiger partial charge on any atom is 0.255 e. The Morgan fingerprint density at radius 2 is 1.79 bits per heavy atom. The van der Waals surface area contributed by atoms with E-state index < -0.39 is 0 Å². The quantitative estimate of drug-likeness (QED) is 0.699. The zero-order valence-electron chi connectivity index (χ0n) is 17.0. The van der Waals surface area contributed by atoms with Gasteiger partial charge < -0.3 is 9.42 Å². The fourth-order valence-electron chi connectivity index (χ4n) is 3.82. The monoisotopic (exact) mass is 378 g/mol. The zero-order chi connectivity index (χ0) is 19.8. The van der Waals surface area contributed by atoms with E-state index in [4.69, 9.17) is 4.52 Å². The van der Waals surface area contributed by atoms with Gasteiger partial charge in [0.25, 0.3) is 5.91 Å². The summed E-state index contributed by atoms with van der Waals surface area (Å²) < 4.78 is 5.26. The second-order valence-electron chi connectivity index (χ2n) is 7.69. The molecule has 6 nitrogen and oxygen atoms in total. The van der Waals surface area contributed by atoms with E-state index >= 15 is 0 Å². The van der Waals surface area contributed by atoms with Gasteiger partial charge in [0.15, 0.2) is 0 Å². The summed E-state index contributed by atoms with van der Waals surface area (Å²) in [6, 6.07) is 8.14. The molecule has 2 aromatic heterocycles. The molecule has 1 aliphatic rings. The van der Waals surface area contributed by atoms with Gasteiger partial charge in [-0.3, -0.25) is 14.7 Å². The minimum absolute atomic E-state index is 0.0736. The van der Waals surface area contributed by atoms with Crippen LogP contribution in [-0.4, -0.2) is 52.0 Å². The first kappa shape index (κ1) is 18.6. The Balaban J connectivity index is 1.46. The summed E-state index contributed by atoms with van der Waals surface area (Å²) in [6.45, 7) is 11.8. The standard InChI is InChI=1S/C22H26N4O2/c1-14-5-6-18-12-19(15(2)23-21(18)11-14)22(27)26-9-7-25(8-10-26)13-20-16(3)24-28-17(20)4/h5-6,11-12H,7-10,13H2,1-4H3. The molecule has 0 radical (unpaired) electrons. The second kappa shape index (κ2) is 7.36. The minimum Gasteiger partial charge on any atom is -0.361 e. The average molecular weight is 378 g/mol. The maximum atomic E-state index is 13.1. The summed E-state index contributed by atoms with van der Waals surface area (Å²) >= 11 is 0. The van der Waals surface area contributed by atoms with Crippen LogP contribution in [0.25, 0.3) is 10.9 Å². The number of carbonyl (C=O) groups excluding carboxylic acids is 1. The molecule has 3 aromatic rings. The van der Waals surface area contributed by atoms with Crippen LogP contribution in [0.2, 0.25) is 0 Å². The molecule has 0 spiro atoms. The molecule has 0 aliphatic carbocycles. The summed E-state index contributed by atoms with van der Waals surface area (Å²) in [5.74, 6) is 0.952. The summed E-state index contributed by atoms with van der Waals surface area (Å²) in [5, 5.41) is 5.04. The van der Waals surface area contributed by atoms with Gasteiger partial charge in [-0.1, -0.05) is 17.3 Å². The molecule has 0 bridgehead atoms. The number of aromatic nitrogens is 2. The van der Waals surface area contributed by atoms with Crippen molar-refractivity contribution in [1.29, 1.82) is 0 Å². The van der Waals surface area contributed by atoms with E-state index in [0.29, 0.717) is 18.7 Å². The van der Waals surface area contributed by atoms with Crippen LogP contribution in [0.1, 0.15) is 38.6 Å². The fourth-order valence-corrected chi connectivity index (χ4v) is 3.82. The molecule has 0 N–H and O–H groups in total. The predicted molar refractivity (Wildman–Crippen MR) is 108 cm³/mol. The lowest BCUT2D eigenvalue weighted by molar-refractivity contribution is 0.0626. The molecule has 146 valence electrons. The van der Waals surface area contributed by atoms with Gasteiger partial charge in [-0.15, -0.1) is 0 Å². The Morgan fingerprint density at radius 1 is 1.04 bits per heavy atom. The van der Waals surface area contributed by atoms with Crippen LogP contribution in [0.4, 0.5) is 0 Å². The molecule has 6 heteroatoms. The third-order valence-electron chi connectivity index (χ3n) is 5.62. The van der Waals surface area contributed by atoms with E-state index in [-0.39, 0.29) is 5.91 Å². The Hall–Kier alpha value is -2.73. The van der Waals surface area contributed by atoms with Crippen molar-refractivity contribution in [3.63, 3.8) is 0 Å². The van der Waals surface area contributed by atoms with Crippen LogP contribution in [0.3, 0.4) is 0 Å². The molecule has 3 heterocycles. The number of hydrogen-bond donors (Lipinski definition) is 0. The van der Waals surface area contributed by atoms with Gasteiger partial charge in [-0.05, 0) is 45.4 Å². The number of aryl methyl sites for hydroxylation is 4. The van der Waals surface area contributed by atoms with E-state index in [2.05, 4.69) is 34.1 Å². The van der Waals surface area contributed by atoms with Crippen LogP contribution >= 0.6 is 0 Å². The number of rotatable bonds is 3. The first-order valence-corrected chi connectivity index (χ1v) is 9.74.